The van der Waals surface area contributed by atoms with E-state index in [9.17, 15) is 5.11 Å². The fourth-order valence-corrected chi connectivity index (χ4v) is 5.84. The van der Waals surface area contributed by atoms with Gasteiger partial charge in [0.15, 0.2) is 23.0 Å². The minimum atomic E-state index is -0.427. The second kappa shape index (κ2) is 7.36. The van der Waals surface area contributed by atoms with Gasteiger partial charge < -0.3 is 24.1 Å². The summed E-state index contributed by atoms with van der Waals surface area (Å²) in [5.41, 5.74) is 4.49. The molecular weight excluding hydrogens is 382 g/mol. The molecule has 4 atom stereocenters. The first kappa shape index (κ1) is 19.5. The Labute approximate surface area is 177 Å². The number of hydrogen-bond donors (Lipinski definition) is 1. The van der Waals surface area contributed by atoms with Gasteiger partial charge >= 0.3 is 0 Å². The number of aliphatic hydroxyl groups excluding tert-OH is 1. The highest BCUT2D eigenvalue weighted by Gasteiger charge is 2.49. The van der Waals surface area contributed by atoms with Crippen LogP contribution in [0.1, 0.15) is 35.8 Å². The average molecular weight is 411 g/mol. The molecule has 2 fully saturated rings. The lowest BCUT2D eigenvalue weighted by atomic mass is 9.65. The fourth-order valence-electron chi connectivity index (χ4n) is 5.84. The number of aliphatic hydroxyl groups is 1. The van der Waals surface area contributed by atoms with E-state index < -0.39 is 6.10 Å². The largest absolute Gasteiger partial charge is 0.493 e. The van der Waals surface area contributed by atoms with E-state index >= 15 is 0 Å². The second-order valence-electron chi connectivity index (χ2n) is 8.42. The molecule has 2 aromatic rings. The smallest absolute Gasteiger partial charge is 0.161 e. The summed E-state index contributed by atoms with van der Waals surface area (Å²) in [7, 11) is 6.63. The van der Waals surface area contributed by atoms with Crippen molar-refractivity contribution in [2.75, 3.05) is 41.5 Å². The molecule has 30 heavy (non-hydrogen) atoms. The summed E-state index contributed by atoms with van der Waals surface area (Å²) < 4.78 is 22.4. The zero-order valence-electron chi connectivity index (χ0n) is 18.0. The van der Waals surface area contributed by atoms with E-state index in [1.807, 2.05) is 6.07 Å². The van der Waals surface area contributed by atoms with Gasteiger partial charge in [0.05, 0.1) is 34.5 Å². The second-order valence-corrected chi connectivity index (χ2v) is 8.42. The summed E-state index contributed by atoms with van der Waals surface area (Å²) in [5, 5.41) is 11.5. The maximum absolute atomic E-state index is 11.5. The highest BCUT2D eigenvalue weighted by Crippen LogP contribution is 2.56. The molecule has 6 nitrogen and oxygen atoms in total. The molecule has 1 N–H and O–H groups in total. The van der Waals surface area contributed by atoms with Gasteiger partial charge in [-0.05, 0) is 65.9 Å². The van der Waals surface area contributed by atoms with Gasteiger partial charge in [-0.3, -0.25) is 4.90 Å². The van der Waals surface area contributed by atoms with Crippen molar-refractivity contribution in [2.24, 2.45) is 0 Å². The molecule has 0 spiro atoms. The summed E-state index contributed by atoms with van der Waals surface area (Å²) in [4.78, 5) is 2.46. The number of piperidine rings is 1. The van der Waals surface area contributed by atoms with Crippen LogP contribution in [-0.4, -0.2) is 63.7 Å². The third-order valence-electron chi connectivity index (χ3n) is 7.20. The van der Waals surface area contributed by atoms with Gasteiger partial charge in [0.2, 0.25) is 0 Å². The first-order valence-electron chi connectivity index (χ1n) is 10.6. The van der Waals surface area contributed by atoms with E-state index in [1.165, 1.54) is 5.56 Å². The number of hydrogen-bond acceptors (Lipinski definition) is 6. The molecule has 0 bridgehead atoms. The van der Waals surface area contributed by atoms with Gasteiger partial charge in [-0.1, -0.05) is 0 Å². The first-order chi connectivity index (χ1) is 14.6. The zero-order valence-corrected chi connectivity index (χ0v) is 18.0. The van der Waals surface area contributed by atoms with Crippen molar-refractivity contribution in [1.29, 1.82) is 0 Å². The van der Waals surface area contributed by atoms with Gasteiger partial charge in [0, 0.05) is 24.4 Å². The van der Waals surface area contributed by atoms with Crippen LogP contribution in [0.4, 0.5) is 0 Å². The number of rotatable bonds is 4. The number of nitrogens with zero attached hydrogens (tertiary/aromatic N) is 1. The Balaban J connectivity index is 1.77. The van der Waals surface area contributed by atoms with E-state index in [0.29, 0.717) is 17.2 Å². The predicted octanol–water partition coefficient (Wildman–Crippen LogP) is 3.41. The van der Waals surface area contributed by atoms with E-state index in [-0.39, 0.29) is 17.9 Å². The van der Waals surface area contributed by atoms with Gasteiger partial charge in [-0.15, -0.1) is 0 Å². The van der Waals surface area contributed by atoms with Crippen LogP contribution in [0.15, 0.2) is 24.3 Å². The molecule has 3 unspecified atom stereocenters. The van der Waals surface area contributed by atoms with Gasteiger partial charge in [-0.2, -0.15) is 0 Å². The molecule has 2 aromatic carbocycles. The van der Waals surface area contributed by atoms with Crippen LogP contribution < -0.4 is 18.9 Å². The van der Waals surface area contributed by atoms with Gasteiger partial charge in [0.1, 0.15) is 0 Å². The Morgan fingerprint density at radius 1 is 0.800 bits per heavy atom. The number of benzene rings is 2. The summed E-state index contributed by atoms with van der Waals surface area (Å²) in [6.45, 7) is 1.98. The lowest BCUT2D eigenvalue weighted by molar-refractivity contribution is 0.00400. The molecule has 0 radical (unpaired) electrons. The molecule has 3 aliphatic rings. The van der Waals surface area contributed by atoms with Crippen LogP contribution in [0.2, 0.25) is 0 Å². The topological polar surface area (TPSA) is 60.4 Å². The van der Waals surface area contributed by atoms with Crippen molar-refractivity contribution in [3.8, 4) is 34.1 Å². The summed E-state index contributed by atoms with van der Waals surface area (Å²) >= 11 is 0. The predicted molar refractivity (Wildman–Crippen MR) is 114 cm³/mol. The zero-order chi connectivity index (χ0) is 21.0. The number of ether oxygens (including phenoxy) is 4. The molecule has 6 heteroatoms. The first-order valence-corrected chi connectivity index (χ1v) is 10.6. The van der Waals surface area contributed by atoms with Crippen LogP contribution in [0, 0.1) is 0 Å². The van der Waals surface area contributed by atoms with Gasteiger partial charge in [0.25, 0.3) is 0 Å². The highest BCUT2D eigenvalue weighted by molar-refractivity contribution is 5.80. The van der Waals surface area contributed by atoms with E-state index in [4.69, 9.17) is 18.9 Å². The molecule has 0 saturated carbocycles. The quantitative estimate of drug-likeness (QED) is 0.832. The minimum absolute atomic E-state index is 0.00440. The molecule has 0 amide bonds. The van der Waals surface area contributed by atoms with E-state index in [0.717, 1.165) is 48.4 Å². The fraction of sp³-hybridized carbons (Fsp3) is 0.500. The lowest BCUT2D eigenvalue weighted by Gasteiger charge is -2.48. The highest BCUT2D eigenvalue weighted by atomic mass is 16.5. The SMILES string of the molecule is COc1cc2c(cc1OC)C1CN3CCCC3[C@H](O)C1c1cc(OC)c(OC)cc1-2. The van der Waals surface area contributed by atoms with Crippen molar-refractivity contribution >= 4 is 0 Å². The maximum Gasteiger partial charge on any atom is 0.161 e. The monoisotopic (exact) mass is 411 g/mol. The van der Waals surface area contributed by atoms with Crippen molar-refractivity contribution in [2.45, 2.75) is 36.8 Å². The molecule has 2 heterocycles. The Kier molecular flexibility index (Phi) is 4.79. The van der Waals surface area contributed by atoms with E-state index in [2.05, 4.69) is 23.1 Å². The third kappa shape index (κ3) is 2.70. The minimum Gasteiger partial charge on any atom is -0.493 e. The van der Waals surface area contributed by atoms with Crippen molar-refractivity contribution in [3.63, 3.8) is 0 Å². The Hall–Kier alpha value is -2.44. The van der Waals surface area contributed by atoms with Gasteiger partial charge in [-0.25, -0.2) is 0 Å². The summed E-state index contributed by atoms with van der Waals surface area (Å²) in [5.74, 6) is 2.98. The standard InChI is InChI=1S/C24H29NO5/c1-27-19-8-13-14-9-20(28-2)22(30-4)11-16(14)23-17(15(13)10-21(19)29-3)12-25-7-5-6-18(25)24(23)26/h8-11,17-18,23-24,26H,5-7,12H2,1-4H3/t17?,18?,23?,24-/m0/s1. The Morgan fingerprint density at radius 2 is 1.33 bits per heavy atom. The van der Waals surface area contributed by atoms with Crippen LogP contribution >= 0.6 is 0 Å². The van der Waals surface area contributed by atoms with Crippen LogP contribution in [0.25, 0.3) is 11.1 Å². The molecule has 160 valence electrons. The molecule has 2 aliphatic heterocycles. The third-order valence-corrected chi connectivity index (χ3v) is 7.20. The average Bonchev–Trinajstić information content (AvgIpc) is 3.26. The molecular formula is C24H29NO5. The molecule has 1 aliphatic carbocycles. The van der Waals surface area contributed by atoms with Crippen LogP contribution in [-0.2, 0) is 0 Å². The summed E-state index contributed by atoms with van der Waals surface area (Å²) in [6, 6.07) is 8.45. The van der Waals surface area contributed by atoms with Crippen LogP contribution in [0.3, 0.4) is 0 Å². The van der Waals surface area contributed by atoms with E-state index in [1.54, 1.807) is 28.4 Å². The van der Waals surface area contributed by atoms with Crippen molar-refractivity contribution in [3.05, 3.63) is 35.4 Å². The van der Waals surface area contributed by atoms with Crippen molar-refractivity contribution in [1.82, 2.24) is 4.90 Å². The maximum atomic E-state index is 11.5. The number of fused-ring (bicyclic) bond motifs is 7. The molecule has 0 aromatic heterocycles. The van der Waals surface area contributed by atoms with Crippen LogP contribution in [0.5, 0.6) is 23.0 Å². The molecule has 5 rings (SSSR count). The lowest BCUT2D eigenvalue weighted by Crippen LogP contribution is -2.52. The summed E-state index contributed by atoms with van der Waals surface area (Å²) in [6.07, 6.45) is 1.76. The van der Waals surface area contributed by atoms with Crippen molar-refractivity contribution < 1.29 is 24.1 Å². The Bertz CT molecular complexity index is 975. The molecule has 2 saturated heterocycles. The normalized spacial score (nSPS) is 26.8. The number of methoxy groups -OCH3 is 4. The Morgan fingerprint density at radius 3 is 1.93 bits per heavy atom.